The molecule has 0 fully saturated rings. The zero-order valence-electron chi connectivity index (χ0n) is 15.6. The van der Waals surface area contributed by atoms with Gasteiger partial charge in [0, 0.05) is 11.1 Å². The molecule has 0 saturated heterocycles. The van der Waals surface area contributed by atoms with E-state index in [4.69, 9.17) is 4.42 Å². The van der Waals surface area contributed by atoms with Gasteiger partial charge in [0.05, 0.1) is 24.2 Å². The minimum atomic E-state index is -0.805. The third-order valence-electron chi connectivity index (χ3n) is 4.34. The summed E-state index contributed by atoms with van der Waals surface area (Å²) < 4.78 is 19.3. The first-order valence-corrected chi connectivity index (χ1v) is 9.65. The summed E-state index contributed by atoms with van der Waals surface area (Å²) in [6.07, 6.45) is 2.61. The van der Waals surface area contributed by atoms with Gasteiger partial charge in [-0.05, 0) is 43.3 Å². The van der Waals surface area contributed by atoms with Gasteiger partial charge in [-0.3, -0.25) is 9.59 Å². The molecule has 1 aromatic carbocycles. The Labute approximate surface area is 172 Å². The van der Waals surface area contributed by atoms with Gasteiger partial charge in [-0.15, -0.1) is 11.3 Å². The summed E-state index contributed by atoms with van der Waals surface area (Å²) in [6.45, 7) is 1.96. The zero-order valence-corrected chi connectivity index (χ0v) is 16.5. The lowest BCUT2D eigenvalue weighted by molar-refractivity contribution is 0.0949. The van der Waals surface area contributed by atoms with Crippen LogP contribution in [0.25, 0.3) is 16.5 Å². The number of hydrogen-bond acceptors (Lipinski definition) is 6. The van der Waals surface area contributed by atoms with Gasteiger partial charge in [0.25, 0.3) is 11.5 Å². The van der Waals surface area contributed by atoms with Crippen LogP contribution in [-0.2, 0) is 6.54 Å². The SMILES string of the molecule is Cc1nc(-c2ccco2)sc1CNC(=O)c1c[nH]c(=O)n(-c2ccc(F)cc2)c1=O. The third-order valence-corrected chi connectivity index (χ3v) is 5.51. The number of carbonyl (C=O) groups excluding carboxylic acids is 1. The number of aromatic amines is 1. The Morgan fingerprint density at radius 2 is 2.03 bits per heavy atom. The van der Waals surface area contributed by atoms with Gasteiger partial charge in [-0.25, -0.2) is 18.7 Å². The second-order valence-electron chi connectivity index (χ2n) is 6.31. The summed E-state index contributed by atoms with van der Waals surface area (Å²) in [6, 6.07) is 8.36. The molecule has 8 nitrogen and oxygen atoms in total. The van der Waals surface area contributed by atoms with E-state index in [9.17, 15) is 18.8 Å². The molecule has 2 N–H and O–H groups in total. The van der Waals surface area contributed by atoms with E-state index in [0.717, 1.165) is 33.5 Å². The summed E-state index contributed by atoms with van der Waals surface area (Å²) >= 11 is 1.37. The smallest absolute Gasteiger partial charge is 0.333 e. The molecular formula is C20H15FN4O4S. The van der Waals surface area contributed by atoms with Crippen LogP contribution in [0.1, 0.15) is 20.9 Å². The molecule has 0 atom stereocenters. The summed E-state index contributed by atoms with van der Waals surface area (Å²) in [4.78, 5) is 45.0. The number of H-pyrrole nitrogens is 1. The quantitative estimate of drug-likeness (QED) is 0.510. The highest BCUT2D eigenvalue weighted by Crippen LogP contribution is 2.28. The number of halogens is 1. The Morgan fingerprint density at radius 3 is 2.73 bits per heavy atom. The highest BCUT2D eigenvalue weighted by molar-refractivity contribution is 7.15. The molecule has 3 aromatic heterocycles. The third kappa shape index (κ3) is 3.72. The Bertz CT molecular complexity index is 1320. The average molecular weight is 426 g/mol. The molecule has 0 unspecified atom stereocenters. The Hall–Kier alpha value is -3.79. The summed E-state index contributed by atoms with van der Waals surface area (Å²) in [5, 5.41) is 3.35. The van der Waals surface area contributed by atoms with Crippen LogP contribution in [0.4, 0.5) is 4.39 Å². The van der Waals surface area contributed by atoms with E-state index in [2.05, 4.69) is 15.3 Å². The molecule has 0 radical (unpaired) electrons. The first-order chi connectivity index (χ1) is 14.4. The van der Waals surface area contributed by atoms with Gasteiger partial charge >= 0.3 is 5.69 Å². The van der Waals surface area contributed by atoms with Gasteiger partial charge in [0.2, 0.25) is 0 Å². The fourth-order valence-corrected chi connectivity index (χ4v) is 3.78. The number of carbonyl (C=O) groups is 1. The van der Waals surface area contributed by atoms with Crippen molar-refractivity contribution in [1.82, 2.24) is 19.9 Å². The van der Waals surface area contributed by atoms with Crippen molar-refractivity contribution in [2.45, 2.75) is 13.5 Å². The van der Waals surface area contributed by atoms with Crippen LogP contribution < -0.4 is 16.6 Å². The maximum absolute atomic E-state index is 13.1. The molecule has 1 amide bonds. The van der Waals surface area contributed by atoms with Crippen molar-refractivity contribution in [3.63, 3.8) is 0 Å². The number of nitrogens with one attached hydrogen (secondary N) is 2. The Balaban J connectivity index is 1.57. The van der Waals surface area contributed by atoms with Crippen molar-refractivity contribution in [2.24, 2.45) is 0 Å². The minimum absolute atomic E-state index is 0.151. The van der Waals surface area contributed by atoms with Crippen molar-refractivity contribution < 1.29 is 13.6 Å². The second kappa shape index (κ2) is 7.91. The fraction of sp³-hybridized carbons (Fsp3) is 0.100. The number of thiazole rings is 1. The van der Waals surface area contributed by atoms with Gasteiger partial charge in [0.1, 0.15) is 11.4 Å². The minimum Gasteiger partial charge on any atom is -0.462 e. The van der Waals surface area contributed by atoms with Crippen LogP contribution in [0.2, 0.25) is 0 Å². The standard InChI is InChI=1S/C20H15FN4O4S/c1-11-16(30-18(24-11)15-3-2-8-29-15)10-22-17(26)14-9-23-20(28)25(19(14)27)13-6-4-12(21)5-7-13/h2-9H,10H2,1H3,(H,22,26)(H,23,28). The summed E-state index contributed by atoms with van der Waals surface area (Å²) in [5.74, 6) is -0.533. The van der Waals surface area contributed by atoms with E-state index in [1.54, 1.807) is 18.4 Å². The molecule has 152 valence electrons. The topological polar surface area (TPSA) is 110 Å². The molecule has 10 heteroatoms. The number of furan rings is 1. The molecule has 0 aliphatic carbocycles. The summed E-state index contributed by atoms with van der Waals surface area (Å²) in [7, 11) is 0. The van der Waals surface area contributed by atoms with Crippen molar-refractivity contribution in [3.8, 4) is 16.5 Å². The van der Waals surface area contributed by atoms with E-state index >= 15 is 0 Å². The first-order valence-electron chi connectivity index (χ1n) is 8.83. The highest BCUT2D eigenvalue weighted by Gasteiger charge is 2.17. The molecule has 0 aliphatic heterocycles. The lowest BCUT2D eigenvalue weighted by Gasteiger charge is -2.08. The van der Waals surface area contributed by atoms with Gasteiger partial charge in [-0.2, -0.15) is 0 Å². The van der Waals surface area contributed by atoms with E-state index in [0.29, 0.717) is 10.8 Å². The number of amides is 1. The number of aromatic nitrogens is 3. The maximum Gasteiger partial charge on any atom is 0.333 e. The molecule has 30 heavy (non-hydrogen) atoms. The summed E-state index contributed by atoms with van der Waals surface area (Å²) in [5.41, 5.74) is -0.896. The van der Waals surface area contributed by atoms with Crippen LogP contribution in [0.15, 0.2) is 62.9 Å². The maximum atomic E-state index is 13.1. The normalized spacial score (nSPS) is 10.9. The van der Waals surface area contributed by atoms with E-state index in [1.165, 1.54) is 23.5 Å². The van der Waals surface area contributed by atoms with E-state index in [1.807, 2.05) is 6.92 Å². The number of hydrogen-bond donors (Lipinski definition) is 2. The number of aryl methyl sites for hydroxylation is 1. The molecule has 4 aromatic rings. The molecule has 3 heterocycles. The van der Waals surface area contributed by atoms with Crippen LogP contribution in [0, 0.1) is 12.7 Å². The zero-order chi connectivity index (χ0) is 21.3. The molecule has 4 rings (SSSR count). The van der Waals surface area contributed by atoms with Crippen molar-refractivity contribution >= 4 is 17.2 Å². The van der Waals surface area contributed by atoms with E-state index in [-0.39, 0.29) is 17.8 Å². The van der Waals surface area contributed by atoms with Crippen LogP contribution in [0.5, 0.6) is 0 Å². The molecule has 0 spiro atoms. The van der Waals surface area contributed by atoms with Crippen molar-refractivity contribution in [1.29, 1.82) is 0 Å². The van der Waals surface area contributed by atoms with Crippen LogP contribution in [-0.4, -0.2) is 20.4 Å². The number of rotatable bonds is 5. The Kier molecular flexibility index (Phi) is 5.15. The van der Waals surface area contributed by atoms with Crippen molar-refractivity contribution in [2.75, 3.05) is 0 Å². The Morgan fingerprint density at radius 1 is 1.27 bits per heavy atom. The van der Waals surface area contributed by atoms with Gasteiger partial charge < -0.3 is 14.7 Å². The predicted octanol–water partition coefficient (Wildman–Crippen LogP) is 2.62. The lowest BCUT2D eigenvalue weighted by atomic mass is 10.2. The molecule has 0 bridgehead atoms. The average Bonchev–Trinajstić information content (AvgIpc) is 3.37. The second-order valence-corrected chi connectivity index (χ2v) is 7.40. The number of benzene rings is 1. The van der Waals surface area contributed by atoms with Crippen molar-refractivity contribution in [3.05, 3.63) is 91.6 Å². The largest absolute Gasteiger partial charge is 0.462 e. The van der Waals surface area contributed by atoms with Crippen LogP contribution >= 0.6 is 11.3 Å². The van der Waals surface area contributed by atoms with Gasteiger partial charge in [-0.1, -0.05) is 0 Å². The molecule has 0 aliphatic rings. The van der Waals surface area contributed by atoms with Crippen LogP contribution in [0.3, 0.4) is 0 Å². The molecule has 0 saturated carbocycles. The lowest BCUT2D eigenvalue weighted by Crippen LogP contribution is -2.39. The molecular weight excluding hydrogens is 411 g/mol. The predicted molar refractivity (Wildman–Crippen MR) is 108 cm³/mol. The first kappa shape index (κ1) is 19.5. The monoisotopic (exact) mass is 426 g/mol. The highest BCUT2D eigenvalue weighted by atomic mass is 32.1. The van der Waals surface area contributed by atoms with Gasteiger partial charge in [0.15, 0.2) is 10.8 Å². The number of nitrogens with zero attached hydrogens (tertiary/aromatic N) is 2. The van der Waals surface area contributed by atoms with E-state index < -0.39 is 23.0 Å². The fourth-order valence-electron chi connectivity index (χ4n) is 2.81.